The van der Waals surface area contributed by atoms with Crippen LogP contribution in [0.25, 0.3) is 0 Å². The summed E-state index contributed by atoms with van der Waals surface area (Å²) >= 11 is 6.10. The number of carbonyl (C=O) groups is 2. The van der Waals surface area contributed by atoms with Crippen LogP contribution < -0.4 is 5.73 Å². The predicted octanol–water partition coefficient (Wildman–Crippen LogP) is 3.57. The third kappa shape index (κ3) is 4.03. The van der Waals surface area contributed by atoms with Crippen molar-refractivity contribution in [2.75, 3.05) is 0 Å². The van der Waals surface area contributed by atoms with E-state index in [2.05, 4.69) is 9.97 Å². The maximum atomic E-state index is 14.5. The Bertz CT molecular complexity index is 1270. The first-order chi connectivity index (χ1) is 15.4. The Labute approximate surface area is 188 Å². The number of fused-ring (bicyclic) bond motifs is 1. The molecule has 1 aliphatic rings. The van der Waals surface area contributed by atoms with Crippen LogP contribution in [0.4, 0.5) is 4.39 Å². The van der Waals surface area contributed by atoms with Gasteiger partial charge in [-0.2, -0.15) is 5.26 Å². The van der Waals surface area contributed by atoms with Gasteiger partial charge in [-0.25, -0.2) is 9.37 Å². The van der Waals surface area contributed by atoms with E-state index in [1.807, 2.05) is 6.07 Å². The lowest BCUT2D eigenvalue weighted by Gasteiger charge is -2.30. The number of nitrogens with two attached hydrogens (primary N) is 1. The van der Waals surface area contributed by atoms with E-state index in [0.717, 1.165) is 0 Å². The van der Waals surface area contributed by atoms with Crippen LogP contribution in [-0.2, 0) is 13.0 Å². The molecule has 0 bridgehead atoms. The normalized spacial score (nSPS) is 14.5. The van der Waals surface area contributed by atoms with Gasteiger partial charge < -0.3 is 10.6 Å². The van der Waals surface area contributed by atoms with Gasteiger partial charge in [0.05, 0.1) is 29.9 Å². The van der Waals surface area contributed by atoms with E-state index < -0.39 is 23.7 Å². The molecule has 2 amide bonds. The number of nitrogens with zero attached hydrogens (tertiary/aromatic N) is 4. The average molecular weight is 450 g/mol. The molecule has 1 aromatic heterocycles. The fraction of sp³-hybridized carbons (Fsp3) is 0.174. The molecule has 160 valence electrons. The molecule has 3 aromatic rings. The van der Waals surface area contributed by atoms with E-state index in [0.29, 0.717) is 29.5 Å². The first-order valence-electron chi connectivity index (χ1n) is 9.77. The van der Waals surface area contributed by atoms with Gasteiger partial charge in [-0.1, -0.05) is 17.7 Å². The molecule has 1 atom stereocenters. The number of halogens is 2. The fourth-order valence-electron chi connectivity index (χ4n) is 4.01. The van der Waals surface area contributed by atoms with E-state index in [4.69, 9.17) is 17.3 Å². The number of hydrogen-bond donors (Lipinski definition) is 1. The topological polar surface area (TPSA) is 113 Å². The zero-order chi connectivity index (χ0) is 22.8. The van der Waals surface area contributed by atoms with Gasteiger partial charge in [-0.15, -0.1) is 0 Å². The van der Waals surface area contributed by atoms with E-state index in [-0.39, 0.29) is 28.5 Å². The molecule has 0 saturated carbocycles. The van der Waals surface area contributed by atoms with Crippen molar-refractivity contribution in [2.45, 2.75) is 25.4 Å². The number of carbonyl (C=O) groups excluding carboxylic acids is 2. The molecule has 0 aliphatic heterocycles. The minimum atomic E-state index is -0.770. The maximum Gasteiger partial charge on any atom is 0.269 e. The van der Waals surface area contributed by atoms with Crippen molar-refractivity contribution in [3.05, 3.63) is 93.3 Å². The Morgan fingerprint density at radius 1 is 1.25 bits per heavy atom. The summed E-state index contributed by atoms with van der Waals surface area (Å²) in [5.41, 5.74) is 7.32. The number of benzene rings is 2. The molecule has 4 rings (SSSR count). The van der Waals surface area contributed by atoms with Crippen LogP contribution in [0, 0.1) is 17.1 Å². The second kappa shape index (κ2) is 8.73. The summed E-state index contributed by atoms with van der Waals surface area (Å²) in [5.74, 6) is -1.60. The lowest BCUT2D eigenvalue weighted by Crippen LogP contribution is -2.35. The van der Waals surface area contributed by atoms with Crippen LogP contribution in [0.2, 0.25) is 5.02 Å². The SMILES string of the molecule is N#Cc1cccc(C(=O)N(Cc2nccnc2C(N)=O)[C@@H]2CCc3c(F)cc(Cl)cc32)c1. The Morgan fingerprint density at radius 2 is 2.03 bits per heavy atom. The molecule has 32 heavy (non-hydrogen) atoms. The lowest BCUT2D eigenvalue weighted by atomic mass is 10.0. The van der Waals surface area contributed by atoms with Crippen LogP contribution in [0.3, 0.4) is 0 Å². The molecule has 1 aliphatic carbocycles. The number of nitriles is 1. The molecular formula is C23H17ClFN5O2. The van der Waals surface area contributed by atoms with Gasteiger partial charge in [0, 0.05) is 23.0 Å². The molecular weight excluding hydrogens is 433 g/mol. The molecule has 0 saturated heterocycles. The van der Waals surface area contributed by atoms with Crippen molar-refractivity contribution >= 4 is 23.4 Å². The number of hydrogen-bond acceptors (Lipinski definition) is 5. The third-order valence-electron chi connectivity index (χ3n) is 5.42. The molecule has 0 unspecified atom stereocenters. The number of aromatic nitrogens is 2. The summed E-state index contributed by atoms with van der Waals surface area (Å²) in [6, 6.07) is 10.7. The van der Waals surface area contributed by atoms with Crippen LogP contribution in [0.5, 0.6) is 0 Å². The summed E-state index contributed by atoms with van der Waals surface area (Å²) in [4.78, 5) is 35.1. The molecule has 2 N–H and O–H groups in total. The number of amides is 2. The van der Waals surface area contributed by atoms with Crippen molar-refractivity contribution in [1.82, 2.24) is 14.9 Å². The molecule has 2 aromatic carbocycles. The van der Waals surface area contributed by atoms with Crippen LogP contribution in [0.1, 0.15) is 55.7 Å². The number of primary amides is 1. The highest BCUT2D eigenvalue weighted by Gasteiger charge is 2.34. The van der Waals surface area contributed by atoms with Gasteiger partial charge in [-0.05, 0) is 54.3 Å². The maximum absolute atomic E-state index is 14.5. The van der Waals surface area contributed by atoms with Gasteiger partial charge in [0.25, 0.3) is 11.8 Å². The number of rotatable bonds is 5. The first-order valence-corrected chi connectivity index (χ1v) is 10.2. The van der Waals surface area contributed by atoms with Crippen molar-refractivity contribution in [1.29, 1.82) is 5.26 Å². The van der Waals surface area contributed by atoms with E-state index in [9.17, 15) is 19.2 Å². The summed E-state index contributed by atoms with van der Waals surface area (Å²) in [6.07, 6.45) is 3.63. The first kappa shape index (κ1) is 21.4. The highest BCUT2D eigenvalue weighted by Crippen LogP contribution is 2.40. The fourth-order valence-corrected chi connectivity index (χ4v) is 4.22. The van der Waals surface area contributed by atoms with Gasteiger partial charge in [0.1, 0.15) is 5.82 Å². The van der Waals surface area contributed by atoms with Crippen LogP contribution >= 0.6 is 11.6 Å². The highest BCUT2D eigenvalue weighted by molar-refractivity contribution is 6.30. The smallest absolute Gasteiger partial charge is 0.269 e. The average Bonchev–Trinajstić information content (AvgIpc) is 3.21. The largest absolute Gasteiger partial charge is 0.364 e. The Balaban J connectivity index is 1.81. The molecule has 0 radical (unpaired) electrons. The standard InChI is InChI=1S/C23H17ClFN5O2/c24-15-9-17-16(18(25)10-15)4-5-20(17)30(12-19-21(22(27)31)29-7-6-28-19)23(32)14-3-1-2-13(8-14)11-26/h1-3,6-10,20H,4-5,12H2,(H2,27,31)/t20-/m1/s1. The molecule has 0 fully saturated rings. The van der Waals surface area contributed by atoms with Gasteiger partial charge in [0.2, 0.25) is 0 Å². The molecule has 1 heterocycles. The van der Waals surface area contributed by atoms with Gasteiger partial charge in [0.15, 0.2) is 5.69 Å². The van der Waals surface area contributed by atoms with Crippen LogP contribution in [0.15, 0.2) is 48.8 Å². The van der Waals surface area contributed by atoms with E-state index in [1.165, 1.54) is 29.4 Å². The van der Waals surface area contributed by atoms with Crippen molar-refractivity contribution < 1.29 is 14.0 Å². The molecule has 7 nitrogen and oxygen atoms in total. The quantitative estimate of drug-likeness (QED) is 0.639. The Morgan fingerprint density at radius 3 is 2.78 bits per heavy atom. The van der Waals surface area contributed by atoms with Crippen molar-refractivity contribution in [3.8, 4) is 6.07 Å². The Kier molecular flexibility index (Phi) is 5.84. The van der Waals surface area contributed by atoms with E-state index in [1.54, 1.807) is 24.3 Å². The zero-order valence-corrected chi connectivity index (χ0v) is 17.5. The minimum Gasteiger partial charge on any atom is -0.364 e. The summed E-state index contributed by atoms with van der Waals surface area (Å²) in [7, 11) is 0. The Hall–Kier alpha value is -3.83. The monoisotopic (exact) mass is 449 g/mol. The summed E-state index contributed by atoms with van der Waals surface area (Å²) in [5, 5.41) is 9.44. The highest BCUT2D eigenvalue weighted by atomic mass is 35.5. The summed E-state index contributed by atoms with van der Waals surface area (Å²) < 4.78 is 14.5. The predicted molar refractivity (Wildman–Crippen MR) is 114 cm³/mol. The second-order valence-corrected chi connectivity index (χ2v) is 7.79. The summed E-state index contributed by atoms with van der Waals surface area (Å²) in [6.45, 7) is -0.0834. The minimum absolute atomic E-state index is 0.0495. The molecule has 9 heteroatoms. The zero-order valence-electron chi connectivity index (χ0n) is 16.8. The third-order valence-corrected chi connectivity index (χ3v) is 5.64. The van der Waals surface area contributed by atoms with E-state index >= 15 is 0 Å². The van der Waals surface area contributed by atoms with Gasteiger partial charge in [-0.3, -0.25) is 14.6 Å². The van der Waals surface area contributed by atoms with Crippen LogP contribution in [-0.4, -0.2) is 26.7 Å². The molecule has 0 spiro atoms. The van der Waals surface area contributed by atoms with Crippen molar-refractivity contribution in [2.24, 2.45) is 5.73 Å². The lowest BCUT2D eigenvalue weighted by molar-refractivity contribution is 0.0652. The van der Waals surface area contributed by atoms with Crippen molar-refractivity contribution in [3.63, 3.8) is 0 Å². The second-order valence-electron chi connectivity index (χ2n) is 7.35. The van der Waals surface area contributed by atoms with Gasteiger partial charge >= 0.3 is 0 Å².